The fraction of sp³-hybridized carbons (Fsp3) is 0.364. The van der Waals surface area contributed by atoms with E-state index in [-0.39, 0.29) is 0 Å². The summed E-state index contributed by atoms with van der Waals surface area (Å²) in [5, 5.41) is 1.44. The number of piperidine rings is 1. The summed E-state index contributed by atoms with van der Waals surface area (Å²) in [4.78, 5) is 6.06. The van der Waals surface area contributed by atoms with Gasteiger partial charge in [0.15, 0.2) is 0 Å². The van der Waals surface area contributed by atoms with E-state index in [9.17, 15) is 0 Å². The van der Waals surface area contributed by atoms with E-state index in [1.807, 2.05) is 30.3 Å². The molecule has 4 heteroatoms. The van der Waals surface area contributed by atoms with Gasteiger partial charge in [-0.3, -0.25) is 0 Å². The van der Waals surface area contributed by atoms with Crippen molar-refractivity contribution in [1.29, 1.82) is 0 Å². The highest BCUT2D eigenvalue weighted by atomic mass is 79.9. The Morgan fingerprint density at radius 1 is 1.15 bits per heavy atom. The summed E-state index contributed by atoms with van der Waals surface area (Å²) in [5.41, 5.74) is 4.21. The quantitative estimate of drug-likeness (QED) is 0.659. The van der Waals surface area contributed by atoms with Crippen molar-refractivity contribution in [3.8, 4) is 5.75 Å². The molecule has 0 saturated carbocycles. The van der Waals surface area contributed by atoms with Gasteiger partial charge in [-0.25, -0.2) is 0 Å². The molecule has 3 nitrogen and oxygen atoms in total. The number of hydrogen-bond acceptors (Lipinski definition) is 2. The topological polar surface area (TPSA) is 28.3 Å². The van der Waals surface area contributed by atoms with Gasteiger partial charge in [0.05, 0.1) is 11.2 Å². The van der Waals surface area contributed by atoms with Gasteiger partial charge in [-0.15, -0.1) is 0 Å². The van der Waals surface area contributed by atoms with E-state index in [1.165, 1.54) is 28.5 Å². The Hall–Kier alpha value is -1.78. The second kappa shape index (κ2) is 6.43. The molecule has 2 aliphatic rings. The van der Waals surface area contributed by atoms with Gasteiger partial charge < -0.3 is 14.6 Å². The molecule has 3 aromatic rings. The number of aromatic amines is 1. The monoisotopic (exact) mass is 410 g/mol. The number of nitrogens with one attached hydrogen (secondary N) is 1. The first-order valence-electron chi connectivity index (χ1n) is 9.37. The Balaban J connectivity index is 1.43. The van der Waals surface area contributed by atoms with Crippen molar-refractivity contribution in [3.05, 3.63) is 64.3 Å². The van der Waals surface area contributed by atoms with Gasteiger partial charge in [0.2, 0.25) is 0 Å². The molecule has 134 valence electrons. The minimum absolute atomic E-state index is 0.556. The molecule has 0 amide bonds. The molecule has 1 aliphatic carbocycles. The van der Waals surface area contributed by atoms with Crippen LogP contribution in [0.3, 0.4) is 0 Å². The first-order valence-corrected chi connectivity index (χ1v) is 10.2. The molecular weight excluding hydrogens is 388 g/mol. The summed E-state index contributed by atoms with van der Waals surface area (Å²) in [5.74, 6) is 2.11. The number of fused-ring (bicyclic) bond motifs is 2. The van der Waals surface area contributed by atoms with Crippen molar-refractivity contribution in [2.75, 3.05) is 20.2 Å². The Morgan fingerprint density at radius 2 is 2.00 bits per heavy atom. The maximum atomic E-state index is 6.08. The fourth-order valence-electron chi connectivity index (χ4n) is 4.95. The SMILES string of the molecule is CN1CC(COc2ccccc2)CC2c3cccc4[nH]c(Br)c(c34)C[C@H]21. The number of rotatable bonds is 3. The highest BCUT2D eigenvalue weighted by molar-refractivity contribution is 9.10. The van der Waals surface area contributed by atoms with E-state index in [0.29, 0.717) is 17.9 Å². The van der Waals surface area contributed by atoms with E-state index < -0.39 is 0 Å². The number of H-pyrrole nitrogens is 1. The summed E-state index contributed by atoms with van der Waals surface area (Å²) in [7, 11) is 2.28. The molecule has 5 rings (SSSR count). The Morgan fingerprint density at radius 3 is 2.85 bits per heavy atom. The predicted octanol–water partition coefficient (Wildman–Crippen LogP) is 4.97. The number of aromatic nitrogens is 1. The standard InChI is InChI=1S/C22H23BrN2O/c1-25-12-14(13-26-15-6-3-2-4-7-15)10-17-16-8-5-9-19-21(16)18(11-20(17)25)22(23)24-19/h2-9,14,17,20,24H,10-13H2,1H3/t14?,17?,20-/m1/s1. The molecular formula is C22H23BrN2O. The molecule has 1 aliphatic heterocycles. The maximum Gasteiger partial charge on any atom is 0.119 e. The van der Waals surface area contributed by atoms with Gasteiger partial charge in [-0.05, 0) is 65.1 Å². The van der Waals surface area contributed by atoms with Crippen molar-refractivity contribution in [3.63, 3.8) is 0 Å². The Bertz CT molecular complexity index is 936. The van der Waals surface area contributed by atoms with Crippen LogP contribution in [-0.4, -0.2) is 36.1 Å². The van der Waals surface area contributed by atoms with E-state index in [0.717, 1.165) is 29.9 Å². The van der Waals surface area contributed by atoms with E-state index in [2.05, 4.69) is 51.1 Å². The third-order valence-electron chi connectivity index (χ3n) is 6.11. The molecule has 1 aromatic heterocycles. The molecule has 2 aromatic carbocycles. The van der Waals surface area contributed by atoms with Crippen LogP contribution in [-0.2, 0) is 6.42 Å². The van der Waals surface area contributed by atoms with Gasteiger partial charge >= 0.3 is 0 Å². The smallest absolute Gasteiger partial charge is 0.119 e. The lowest BCUT2D eigenvalue weighted by atomic mass is 9.72. The van der Waals surface area contributed by atoms with Crippen molar-refractivity contribution < 1.29 is 4.74 Å². The molecule has 1 fully saturated rings. The van der Waals surface area contributed by atoms with Crippen LogP contribution in [0.5, 0.6) is 5.75 Å². The van der Waals surface area contributed by atoms with Crippen LogP contribution in [0.2, 0.25) is 0 Å². The number of likely N-dealkylation sites (tertiary alicyclic amines) is 1. The van der Waals surface area contributed by atoms with Gasteiger partial charge in [0.25, 0.3) is 0 Å². The zero-order chi connectivity index (χ0) is 17.7. The summed E-state index contributed by atoms with van der Waals surface area (Å²) in [6, 6.07) is 17.5. The zero-order valence-electron chi connectivity index (χ0n) is 14.9. The van der Waals surface area contributed by atoms with Crippen LogP contribution in [0.25, 0.3) is 10.9 Å². The second-order valence-corrected chi connectivity index (χ2v) is 8.52. The van der Waals surface area contributed by atoms with Crippen LogP contribution in [0.15, 0.2) is 53.1 Å². The van der Waals surface area contributed by atoms with Crippen molar-refractivity contribution in [2.24, 2.45) is 5.92 Å². The fourth-order valence-corrected chi connectivity index (χ4v) is 5.52. The zero-order valence-corrected chi connectivity index (χ0v) is 16.5. The number of halogens is 1. The number of para-hydroxylation sites is 1. The van der Waals surface area contributed by atoms with Gasteiger partial charge in [0.1, 0.15) is 5.75 Å². The molecule has 26 heavy (non-hydrogen) atoms. The van der Waals surface area contributed by atoms with Crippen LogP contribution in [0.4, 0.5) is 0 Å². The average molecular weight is 411 g/mol. The summed E-state index contributed by atoms with van der Waals surface area (Å²) < 4.78 is 7.23. The number of likely N-dealkylation sites (N-methyl/N-ethyl adjacent to an activating group) is 1. The molecule has 0 bridgehead atoms. The summed E-state index contributed by atoms with van der Waals surface area (Å²) >= 11 is 3.74. The van der Waals surface area contributed by atoms with Crippen molar-refractivity contribution in [2.45, 2.75) is 24.8 Å². The van der Waals surface area contributed by atoms with Crippen LogP contribution in [0.1, 0.15) is 23.5 Å². The van der Waals surface area contributed by atoms with Crippen LogP contribution >= 0.6 is 15.9 Å². The number of nitrogens with zero attached hydrogens (tertiary/aromatic N) is 1. The average Bonchev–Trinajstić information content (AvgIpc) is 2.99. The number of benzene rings is 2. The molecule has 2 heterocycles. The Kier molecular flexibility index (Phi) is 4.06. The Labute approximate surface area is 162 Å². The molecule has 1 N–H and O–H groups in total. The highest BCUT2D eigenvalue weighted by Gasteiger charge is 2.40. The molecule has 0 spiro atoms. The molecule has 3 atom stereocenters. The lowest BCUT2D eigenvalue weighted by Crippen LogP contribution is -2.49. The van der Waals surface area contributed by atoms with Gasteiger partial charge in [-0.1, -0.05) is 30.3 Å². The summed E-state index contributed by atoms with van der Waals surface area (Å²) in [6.45, 7) is 1.89. The van der Waals surface area contributed by atoms with E-state index >= 15 is 0 Å². The highest BCUT2D eigenvalue weighted by Crippen LogP contribution is 2.46. The normalized spacial score (nSPS) is 25.2. The van der Waals surface area contributed by atoms with Crippen LogP contribution in [0, 0.1) is 5.92 Å². The third kappa shape index (κ3) is 2.67. The molecule has 2 unspecified atom stereocenters. The predicted molar refractivity (Wildman–Crippen MR) is 109 cm³/mol. The molecule has 0 radical (unpaired) electrons. The van der Waals surface area contributed by atoms with Crippen molar-refractivity contribution in [1.82, 2.24) is 9.88 Å². The minimum atomic E-state index is 0.556. The van der Waals surface area contributed by atoms with Crippen LogP contribution < -0.4 is 4.74 Å². The first kappa shape index (κ1) is 16.4. The third-order valence-corrected chi connectivity index (χ3v) is 6.79. The minimum Gasteiger partial charge on any atom is -0.493 e. The van der Waals surface area contributed by atoms with Gasteiger partial charge in [0, 0.05) is 35.3 Å². The van der Waals surface area contributed by atoms with Crippen molar-refractivity contribution >= 4 is 26.8 Å². The number of ether oxygens (including phenoxy) is 1. The summed E-state index contributed by atoms with van der Waals surface area (Å²) in [6.07, 6.45) is 2.31. The van der Waals surface area contributed by atoms with Gasteiger partial charge in [-0.2, -0.15) is 0 Å². The van der Waals surface area contributed by atoms with E-state index in [1.54, 1.807) is 0 Å². The largest absolute Gasteiger partial charge is 0.493 e. The lowest BCUT2D eigenvalue weighted by molar-refractivity contribution is 0.0836. The molecule has 1 saturated heterocycles. The lowest BCUT2D eigenvalue weighted by Gasteiger charge is -2.45. The van der Waals surface area contributed by atoms with E-state index in [4.69, 9.17) is 4.74 Å². The first-order chi connectivity index (χ1) is 12.7. The maximum absolute atomic E-state index is 6.08. The second-order valence-electron chi connectivity index (χ2n) is 7.73. The number of hydrogen-bond donors (Lipinski definition) is 1.